The molecular weight excluding hydrogens is 456 g/mol. The first-order chi connectivity index (χ1) is 17.4. The molecule has 0 aliphatic heterocycles. The summed E-state index contributed by atoms with van der Waals surface area (Å²) < 4.78 is 13.3. The highest BCUT2D eigenvalue weighted by atomic mass is 16.5. The van der Waals surface area contributed by atoms with Crippen LogP contribution in [0.25, 0.3) is 5.65 Å². The number of nitrogens with zero attached hydrogens (tertiary/aromatic N) is 2. The molecule has 8 nitrogen and oxygen atoms in total. The summed E-state index contributed by atoms with van der Waals surface area (Å²) in [4.78, 5) is 30.5. The van der Waals surface area contributed by atoms with Gasteiger partial charge in [-0.1, -0.05) is 38.1 Å². The number of aromatic nitrogens is 2. The molecule has 8 heteroatoms. The van der Waals surface area contributed by atoms with Crippen molar-refractivity contribution in [3.05, 3.63) is 89.9 Å². The molecule has 1 unspecified atom stereocenters. The first-order valence-electron chi connectivity index (χ1n) is 11.8. The lowest BCUT2D eigenvalue weighted by Gasteiger charge is -2.22. The fraction of sp³-hybridized carbons (Fsp3) is 0.250. The van der Waals surface area contributed by atoms with Crippen molar-refractivity contribution in [2.75, 3.05) is 12.4 Å². The van der Waals surface area contributed by atoms with Gasteiger partial charge in [0.05, 0.1) is 12.8 Å². The van der Waals surface area contributed by atoms with Gasteiger partial charge in [0.1, 0.15) is 18.3 Å². The molecule has 2 amide bonds. The zero-order valence-corrected chi connectivity index (χ0v) is 20.8. The summed E-state index contributed by atoms with van der Waals surface area (Å²) in [5.41, 5.74) is 3.51. The van der Waals surface area contributed by atoms with Gasteiger partial charge >= 0.3 is 0 Å². The second-order valence-electron chi connectivity index (χ2n) is 8.85. The molecule has 186 valence electrons. The predicted octanol–water partition coefficient (Wildman–Crippen LogP) is 4.62. The van der Waals surface area contributed by atoms with Crippen molar-refractivity contribution in [1.29, 1.82) is 0 Å². The van der Waals surface area contributed by atoms with Gasteiger partial charge in [-0.25, -0.2) is 4.98 Å². The Morgan fingerprint density at radius 2 is 1.81 bits per heavy atom. The van der Waals surface area contributed by atoms with Gasteiger partial charge in [0.2, 0.25) is 5.91 Å². The lowest BCUT2D eigenvalue weighted by molar-refractivity contribution is -0.118. The van der Waals surface area contributed by atoms with E-state index in [1.807, 2.05) is 67.9 Å². The van der Waals surface area contributed by atoms with Crippen LogP contribution in [0.2, 0.25) is 0 Å². The molecule has 0 bridgehead atoms. The van der Waals surface area contributed by atoms with Crippen molar-refractivity contribution >= 4 is 23.1 Å². The van der Waals surface area contributed by atoms with Crippen molar-refractivity contribution in [3.63, 3.8) is 0 Å². The Labute approximate surface area is 210 Å². The summed E-state index contributed by atoms with van der Waals surface area (Å²) in [6, 6.07) is 17.5. The van der Waals surface area contributed by atoms with E-state index in [2.05, 4.69) is 15.6 Å². The van der Waals surface area contributed by atoms with Crippen LogP contribution in [0.1, 0.15) is 35.5 Å². The minimum absolute atomic E-state index is 0.123. The van der Waals surface area contributed by atoms with Crippen molar-refractivity contribution in [1.82, 2.24) is 14.7 Å². The molecule has 4 rings (SSSR count). The number of hydrogen-bond acceptors (Lipinski definition) is 5. The van der Waals surface area contributed by atoms with Gasteiger partial charge in [0, 0.05) is 29.7 Å². The lowest BCUT2D eigenvalue weighted by atomic mass is 10.0. The number of pyridine rings is 1. The number of amides is 2. The average molecular weight is 487 g/mol. The van der Waals surface area contributed by atoms with Gasteiger partial charge in [0.25, 0.3) is 5.91 Å². The van der Waals surface area contributed by atoms with Crippen LogP contribution in [0.5, 0.6) is 11.5 Å². The fourth-order valence-electron chi connectivity index (χ4n) is 3.88. The van der Waals surface area contributed by atoms with E-state index < -0.39 is 6.04 Å². The lowest BCUT2D eigenvalue weighted by Crippen LogP contribution is -2.47. The summed E-state index contributed by atoms with van der Waals surface area (Å²) in [5.74, 6) is 0.279. The van der Waals surface area contributed by atoms with Crippen LogP contribution in [-0.4, -0.2) is 34.4 Å². The van der Waals surface area contributed by atoms with E-state index >= 15 is 0 Å². The van der Waals surface area contributed by atoms with Crippen LogP contribution < -0.4 is 20.1 Å². The summed E-state index contributed by atoms with van der Waals surface area (Å²) in [7, 11) is 1.56. The molecule has 0 fully saturated rings. The van der Waals surface area contributed by atoms with E-state index in [9.17, 15) is 9.59 Å². The number of methoxy groups -OCH3 is 1. The Morgan fingerprint density at radius 1 is 1.03 bits per heavy atom. The van der Waals surface area contributed by atoms with Crippen molar-refractivity contribution in [2.24, 2.45) is 5.92 Å². The third-order valence-corrected chi connectivity index (χ3v) is 5.85. The molecule has 2 N–H and O–H groups in total. The predicted molar refractivity (Wildman–Crippen MR) is 138 cm³/mol. The Hall–Kier alpha value is -4.33. The number of fused-ring (bicyclic) bond motifs is 1. The Kier molecular flexibility index (Phi) is 7.53. The molecule has 0 spiro atoms. The summed E-state index contributed by atoms with van der Waals surface area (Å²) in [6.07, 6.45) is 3.82. The minimum Gasteiger partial charge on any atom is -0.493 e. The Morgan fingerprint density at radius 3 is 2.53 bits per heavy atom. The Bertz CT molecular complexity index is 1350. The molecule has 2 aromatic carbocycles. The highest BCUT2D eigenvalue weighted by Gasteiger charge is 2.25. The molecule has 2 heterocycles. The van der Waals surface area contributed by atoms with Gasteiger partial charge < -0.3 is 24.5 Å². The average Bonchev–Trinajstić information content (AvgIpc) is 3.29. The van der Waals surface area contributed by atoms with Crippen molar-refractivity contribution in [3.8, 4) is 11.5 Å². The van der Waals surface area contributed by atoms with Crippen LogP contribution in [0.15, 0.2) is 73.1 Å². The van der Waals surface area contributed by atoms with E-state index in [-0.39, 0.29) is 24.3 Å². The molecule has 0 radical (unpaired) electrons. The maximum Gasteiger partial charge on any atom is 0.252 e. The molecule has 4 aromatic rings. The highest BCUT2D eigenvalue weighted by Crippen LogP contribution is 2.31. The van der Waals surface area contributed by atoms with E-state index in [1.54, 1.807) is 37.4 Å². The molecule has 0 aliphatic rings. The van der Waals surface area contributed by atoms with Gasteiger partial charge in [-0.05, 0) is 48.7 Å². The first-order valence-corrected chi connectivity index (χ1v) is 11.8. The second kappa shape index (κ2) is 10.9. The zero-order valence-electron chi connectivity index (χ0n) is 20.8. The van der Waals surface area contributed by atoms with E-state index in [0.29, 0.717) is 22.7 Å². The number of carbonyl (C=O) groups is 2. The summed E-state index contributed by atoms with van der Waals surface area (Å²) in [5, 5.41) is 5.77. The van der Waals surface area contributed by atoms with Crippen LogP contribution in [-0.2, 0) is 11.4 Å². The number of anilines is 1. The topological polar surface area (TPSA) is 94.0 Å². The maximum atomic E-state index is 13.1. The highest BCUT2D eigenvalue weighted by molar-refractivity contribution is 6.02. The number of aryl methyl sites for hydroxylation is 1. The van der Waals surface area contributed by atoms with Crippen molar-refractivity contribution < 1.29 is 19.1 Å². The third kappa shape index (κ3) is 5.66. The zero-order chi connectivity index (χ0) is 25.7. The van der Waals surface area contributed by atoms with E-state index in [4.69, 9.17) is 9.47 Å². The fourth-order valence-corrected chi connectivity index (χ4v) is 3.88. The van der Waals surface area contributed by atoms with Gasteiger partial charge in [-0.3, -0.25) is 9.59 Å². The van der Waals surface area contributed by atoms with Crippen LogP contribution in [0.3, 0.4) is 0 Å². The molecule has 2 aromatic heterocycles. The molecule has 0 saturated heterocycles. The Balaban J connectivity index is 1.47. The number of imidazole rings is 1. The number of carbonyl (C=O) groups excluding carboxylic acids is 2. The van der Waals surface area contributed by atoms with Gasteiger partial charge in [-0.2, -0.15) is 0 Å². The second-order valence-corrected chi connectivity index (χ2v) is 8.85. The summed E-state index contributed by atoms with van der Waals surface area (Å²) >= 11 is 0. The first kappa shape index (κ1) is 24.8. The van der Waals surface area contributed by atoms with Crippen molar-refractivity contribution in [2.45, 2.75) is 33.4 Å². The van der Waals surface area contributed by atoms with E-state index in [0.717, 1.165) is 16.9 Å². The number of hydrogen-bond donors (Lipinski definition) is 2. The third-order valence-electron chi connectivity index (χ3n) is 5.85. The maximum absolute atomic E-state index is 13.1. The van der Waals surface area contributed by atoms with Crippen LogP contribution in [0, 0.1) is 12.8 Å². The number of nitrogens with one attached hydrogen (secondary N) is 2. The molecule has 0 aliphatic carbocycles. The standard InChI is InChI=1S/C28H30N4O4/c1-18(2)26(31-27(33)22-10-6-5-9-19(22)3)28(34)30-20-12-13-23(35-4)24(15-20)36-17-21-16-32-14-8-7-11-25(32)29-21/h5-16,18,26H,17H2,1-4H3,(H,30,34)(H,31,33). The molecule has 0 saturated carbocycles. The number of rotatable bonds is 9. The largest absolute Gasteiger partial charge is 0.493 e. The smallest absolute Gasteiger partial charge is 0.252 e. The molecular formula is C28H30N4O4. The molecule has 36 heavy (non-hydrogen) atoms. The quantitative estimate of drug-likeness (QED) is 0.360. The molecule has 1 atom stereocenters. The normalized spacial score (nSPS) is 11.8. The monoisotopic (exact) mass is 486 g/mol. The van der Waals surface area contributed by atoms with Gasteiger partial charge in [-0.15, -0.1) is 0 Å². The van der Waals surface area contributed by atoms with Crippen LogP contribution >= 0.6 is 0 Å². The summed E-state index contributed by atoms with van der Waals surface area (Å²) in [6.45, 7) is 5.88. The van der Waals surface area contributed by atoms with Gasteiger partial charge in [0.15, 0.2) is 11.5 Å². The SMILES string of the molecule is COc1ccc(NC(=O)C(NC(=O)c2ccccc2C)C(C)C)cc1OCc1cn2ccccc2n1. The van der Waals surface area contributed by atoms with Crippen LogP contribution in [0.4, 0.5) is 5.69 Å². The number of ether oxygens (including phenoxy) is 2. The minimum atomic E-state index is -0.721. The van der Waals surface area contributed by atoms with E-state index in [1.165, 1.54) is 0 Å². The number of benzene rings is 2.